The van der Waals surface area contributed by atoms with Crippen LogP contribution in [0.4, 0.5) is 14.5 Å². The molecule has 0 saturated carbocycles. The Labute approximate surface area is 119 Å². The average molecular weight is 300 g/mol. The number of nitrogens with zero attached hydrogens (tertiary/aromatic N) is 1. The van der Waals surface area contributed by atoms with E-state index >= 15 is 0 Å². The molecule has 1 heterocycles. The summed E-state index contributed by atoms with van der Waals surface area (Å²) in [5.41, 5.74) is 1.13. The van der Waals surface area contributed by atoms with E-state index in [4.69, 9.17) is 10.1 Å². The zero-order valence-electron chi connectivity index (χ0n) is 10.9. The maximum atomic E-state index is 12.7. The quantitative estimate of drug-likeness (QED) is 0.909. The van der Waals surface area contributed by atoms with E-state index in [1.54, 1.807) is 24.3 Å². The molecule has 1 aliphatic heterocycles. The normalized spacial score (nSPS) is 16.1. The number of alkyl halides is 2. The lowest BCUT2D eigenvalue weighted by Gasteiger charge is -2.19. The first-order chi connectivity index (χ1) is 9.38. The van der Waals surface area contributed by atoms with Crippen LogP contribution in [-0.4, -0.2) is 29.4 Å². The van der Waals surface area contributed by atoms with Crippen LogP contribution in [0.1, 0.15) is 12.5 Å². The zero-order valence-corrected chi connectivity index (χ0v) is 11.7. The number of nitrogens with one attached hydrogen (secondary N) is 1. The van der Waals surface area contributed by atoms with Gasteiger partial charge in [-0.3, -0.25) is 15.1 Å². The Morgan fingerprint density at radius 2 is 2.15 bits per heavy atom. The molecule has 0 aliphatic carbocycles. The molecule has 1 saturated heterocycles. The molecule has 0 unspecified atom stereocenters. The summed E-state index contributed by atoms with van der Waals surface area (Å²) in [6.07, 6.45) is 0. The van der Waals surface area contributed by atoms with Crippen LogP contribution in [0.5, 0.6) is 0 Å². The van der Waals surface area contributed by atoms with Gasteiger partial charge >= 0.3 is 0 Å². The van der Waals surface area contributed by atoms with Crippen molar-refractivity contribution in [3.8, 4) is 0 Å². The van der Waals surface area contributed by atoms with E-state index in [1.807, 2.05) is 0 Å². The van der Waals surface area contributed by atoms with E-state index in [2.05, 4.69) is 0 Å². The van der Waals surface area contributed by atoms with Crippen LogP contribution in [-0.2, 0) is 16.1 Å². The fraction of sp³-hybridized carbons (Fsp3) is 0.385. The van der Waals surface area contributed by atoms with Gasteiger partial charge in [0.2, 0.25) is 5.91 Å². The van der Waals surface area contributed by atoms with Gasteiger partial charge in [-0.05, 0) is 6.07 Å². The molecule has 0 bridgehead atoms. The molecule has 0 aromatic heterocycles. The average Bonchev–Trinajstić information content (AvgIpc) is 2.68. The molecule has 1 N–H and O–H groups in total. The molecule has 1 fully saturated rings. The van der Waals surface area contributed by atoms with E-state index in [1.165, 1.54) is 4.90 Å². The van der Waals surface area contributed by atoms with Crippen molar-refractivity contribution in [1.29, 1.82) is 5.41 Å². The van der Waals surface area contributed by atoms with Crippen LogP contribution in [0.15, 0.2) is 24.3 Å². The minimum atomic E-state index is -2.89. The predicted molar refractivity (Wildman–Crippen MR) is 74.4 cm³/mol. The van der Waals surface area contributed by atoms with Crippen molar-refractivity contribution in [2.75, 3.05) is 17.3 Å². The maximum absolute atomic E-state index is 12.7. The molecule has 0 spiro atoms. The van der Waals surface area contributed by atoms with Crippen LogP contribution in [0, 0.1) is 5.41 Å². The van der Waals surface area contributed by atoms with Crippen LogP contribution < -0.4 is 4.90 Å². The summed E-state index contributed by atoms with van der Waals surface area (Å²) in [7, 11) is 0. The number of hydrogen-bond donors (Lipinski definition) is 1. The summed E-state index contributed by atoms with van der Waals surface area (Å²) < 4.78 is 30.4. The fourth-order valence-electron chi connectivity index (χ4n) is 1.81. The van der Waals surface area contributed by atoms with Crippen molar-refractivity contribution in [2.45, 2.75) is 19.5 Å². The highest BCUT2D eigenvalue weighted by Crippen LogP contribution is 2.29. The van der Waals surface area contributed by atoms with Crippen molar-refractivity contribution < 1.29 is 18.3 Å². The smallest absolute Gasteiger partial charge is 0.268 e. The Morgan fingerprint density at radius 1 is 1.45 bits per heavy atom. The first kappa shape index (κ1) is 14.9. The third-order valence-corrected chi connectivity index (χ3v) is 3.48. The molecule has 1 amide bonds. The molecule has 1 aromatic rings. The van der Waals surface area contributed by atoms with Gasteiger partial charge in [-0.15, -0.1) is 0 Å². The summed E-state index contributed by atoms with van der Waals surface area (Å²) in [6, 6.07) is 6.86. The SMILES string of the molecule is CC(F)(F)COCc1ccccc1N1C(=N)SCC1=O. The van der Waals surface area contributed by atoms with Gasteiger partial charge in [0.25, 0.3) is 5.92 Å². The van der Waals surface area contributed by atoms with Gasteiger partial charge in [0, 0.05) is 12.5 Å². The van der Waals surface area contributed by atoms with Gasteiger partial charge in [0.15, 0.2) is 5.17 Å². The standard InChI is InChI=1S/C13H14F2N2O2S/c1-13(14,15)8-19-6-9-4-2-3-5-10(9)17-11(18)7-20-12(17)16/h2-5,16H,6-8H2,1H3. The largest absolute Gasteiger partial charge is 0.370 e. The number of anilines is 1. The van der Waals surface area contributed by atoms with Crippen LogP contribution >= 0.6 is 11.8 Å². The molecule has 0 radical (unpaired) electrons. The van der Waals surface area contributed by atoms with Gasteiger partial charge in [-0.2, -0.15) is 0 Å². The molecule has 1 aliphatic rings. The zero-order chi connectivity index (χ0) is 14.8. The molecule has 108 valence electrons. The van der Waals surface area contributed by atoms with Gasteiger partial charge in [0.1, 0.15) is 6.61 Å². The Hall–Kier alpha value is -1.47. The Morgan fingerprint density at radius 3 is 2.75 bits per heavy atom. The number of carbonyl (C=O) groups excluding carboxylic acids is 1. The predicted octanol–water partition coefficient (Wildman–Crippen LogP) is 2.87. The van der Waals surface area contributed by atoms with E-state index in [0.717, 1.165) is 18.7 Å². The summed E-state index contributed by atoms with van der Waals surface area (Å²) in [5, 5.41) is 7.90. The number of carbonyl (C=O) groups is 1. The van der Waals surface area contributed by atoms with Crippen LogP contribution in [0.3, 0.4) is 0 Å². The second-order valence-corrected chi connectivity index (χ2v) is 5.48. The van der Waals surface area contributed by atoms with E-state index in [-0.39, 0.29) is 23.4 Å². The van der Waals surface area contributed by atoms with Crippen molar-refractivity contribution >= 4 is 28.5 Å². The molecule has 4 nitrogen and oxygen atoms in total. The number of hydrogen-bond acceptors (Lipinski definition) is 4. The van der Waals surface area contributed by atoms with E-state index < -0.39 is 12.5 Å². The molecule has 7 heteroatoms. The second kappa shape index (κ2) is 5.88. The number of rotatable bonds is 5. The van der Waals surface area contributed by atoms with Crippen molar-refractivity contribution in [1.82, 2.24) is 0 Å². The lowest BCUT2D eigenvalue weighted by Crippen LogP contribution is -2.29. The molecule has 20 heavy (non-hydrogen) atoms. The van der Waals surface area contributed by atoms with Crippen molar-refractivity contribution in [2.24, 2.45) is 0 Å². The minimum absolute atomic E-state index is 0.0265. The number of halogens is 2. The Kier molecular flexibility index (Phi) is 4.39. The lowest BCUT2D eigenvalue weighted by molar-refractivity contribution is -0.115. The van der Waals surface area contributed by atoms with Gasteiger partial charge in [-0.25, -0.2) is 8.78 Å². The topological polar surface area (TPSA) is 53.4 Å². The summed E-state index contributed by atoms with van der Waals surface area (Å²) >= 11 is 1.14. The summed E-state index contributed by atoms with van der Waals surface area (Å²) in [4.78, 5) is 13.1. The number of amides is 1. The minimum Gasteiger partial charge on any atom is -0.370 e. The Bertz CT molecular complexity index is 515. The van der Waals surface area contributed by atoms with Gasteiger partial charge in [0.05, 0.1) is 18.0 Å². The third-order valence-electron chi connectivity index (χ3n) is 2.63. The van der Waals surface area contributed by atoms with Crippen LogP contribution in [0.2, 0.25) is 0 Å². The number of benzene rings is 1. The third kappa shape index (κ3) is 3.55. The molecule has 1 aromatic carbocycles. The van der Waals surface area contributed by atoms with E-state index in [0.29, 0.717) is 11.3 Å². The first-order valence-corrected chi connectivity index (χ1v) is 6.95. The molecular weight excluding hydrogens is 286 g/mol. The lowest BCUT2D eigenvalue weighted by atomic mass is 10.1. The Balaban J connectivity index is 2.14. The monoisotopic (exact) mass is 300 g/mol. The molecule has 2 rings (SSSR count). The highest BCUT2D eigenvalue weighted by atomic mass is 32.2. The van der Waals surface area contributed by atoms with Gasteiger partial charge in [-0.1, -0.05) is 30.0 Å². The highest BCUT2D eigenvalue weighted by molar-refractivity contribution is 8.15. The summed E-state index contributed by atoms with van der Waals surface area (Å²) in [5.74, 6) is -2.85. The maximum Gasteiger partial charge on any atom is 0.268 e. The first-order valence-electron chi connectivity index (χ1n) is 5.96. The number of ether oxygens (including phenoxy) is 1. The van der Waals surface area contributed by atoms with Crippen molar-refractivity contribution in [3.05, 3.63) is 29.8 Å². The number of amidine groups is 1. The molecular formula is C13H14F2N2O2S. The van der Waals surface area contributed by atoms with Crippen molar-refractivity contribution in [3.63, 3.8) is 0 Å². The van der Waals surface area contributed by atoms with Crippen LogP contribution in [0.25, 0.3) is 0 Å². The molecule has 0 atom stereocenters. The van der Waals surface area contributed by atoms with Gasteiger partial charge < -0.3 is 4.74 Å². The second-order valence-electron chi connectivity index (χ2n) is 4.51. The highest BCUT2D eigenvalue weighted by Gasteiger charge is 2.30. The van der Waals surface area contributed by atoms with E-state index in [9.17, 15) is 13.6 Å². The fourth-order valence-corrected chi connectivity index (χ4v) is 2.53. The number of thioether (sulfide) groups is 1. The number of para-hydroxylation sites is 1. The summed E-state index contributed by atoms with van der Waals surface area (Å²) in [6.45, 7) is 0.0814.